The topological polar surface area (TPSA) is 32.9 Å². The van der Waals surface area contributed by atoms with Crippen LogP contribution in [0.3, 0.4) is 0 Å². The first-order chi connectivity index (χ1) is 6.75. The van der Waals surface area contributed by atoms with Crippen LogP contribution in [0.5, 0.6) is 0 Å². The van der Waals surface area contributed by atoms with Crippen molar-refractivity contribution in [2.45, 2.75) is 6.92 Å². The Morgan fingerprint density at radius 3 is 2.36 bits per heavy atom. The average molecular weight is 185 g/mol. The molecule has 0 bridgehead atoms. The molecule has 0 amide bonds. The number of aromatic nitrogens is 1. The first-order valence-corrected chi connectivity index (χ1v) is 4.52. The Morgan fingerprint density at radius 2 is 1.71 bits per heavy atom. The molecule has 2 aromatic rings. The van der Waals surface area contributed by atoms with Crippen molar-refractivity contribution < 1.29 is 0 Å². The summed E-state index contributed by atoms with van der Waals surface area (Å²) >= 11 is 0. The predicted molar refractivity (Wildman–Crippen MR) is 57.2 cm³/mol. The van der Waals surface area contributed by atoms with Gasteiger partial charge in [0.25, 0.3) is 0 Å². The van der Waals surface area contributed by atoms with Crippen molar-refractivity contribution in [2.75, 3.05) is 0 Å². The van der Waals surface area contributed by atoms with Crippen LogP contribution in [0.4, 0.5) is 0 Å². The van der Waals surface area contributed by atoms with Crippen LogP contribution in [0, 0.1) is 6.92 Å². The number of rotatable bonds is 1. The van der Waals surface area contributed by atoms with Crippen LogP contribution in [-0.2, 0) is 0 Å². The largest absolute Gasteiger partial charge is 0.326 e. The van der Waals surface area contributed by atoms with Gasteiger partial charge in [-0.2, -0.15) is 0 Å². The van der Waals surface area contributed by atoms with Gasteiger partial charge in [-0.25, -0.2) is 0 Å². The van der Waals surface area contributed by atoms with E-state index in [0.717, 1.165) is 16.8 Å². The molecule has 0 saturated heterocycles. The summed E-state index contributed by atoms with van der Waals surface area (Å²) in [5.74, 6) is 0. The highest BCUT2D eigenvalue weighted by molar-refractivity contribution is 5.62. The van der Waals surface area contributed by atoms with E-state index >= 15 is 0 Å². The van der Waals surface area contributed by atoms with Gasteiger partial charge >= 0.3 is 0 Å². The number of hydrogen-bond acceptors (Lipinski definition) is 1. The summed E-state index contributed by atoms with van der Waals surface area (Å²) in [4.78, 5) is 14.0. The molecule has 1 aromatic heterocycles. The second-order valence-corrected chi connectivity index (χ2v) is 3.28. The minimum atomic E-state index is -0.0520. The van der Waals surface area contributed by atoms with Crippen LogP contribution >= 0.6 is 0 Å². The summed E-state index contributed by atoms with van der Waals surface area (Å²) < 4.78 is 0. The first-order valence-electron chi connectivity index (χ1n) is 4.52. The van der Waals surface area contributed by atoms with Gasteiger partial charge in [-0.15, -0.1) is 0 Å². The molecule has 2 nitrogen and oxygen atoms in total. The molecular weight excluding hydrogens is 174 g/mol. The van der Waals surface area contributed by atoms with Crippen LogP contribution in [0.1, 0.15) is 5.69 Å². The third-order valence-electron chi connectivity index (χ3n) is 2.09. The second kappa shape index (κ2) is 3.50. The molecule has 0 spiro atoms. The van der Waals surface area contributed by atoms with Crippen molar-refractivity contribution >= 4 is 0 Å². The minimum absolute atomic E-state index is 0.0520. The van der Waals surface area contributed by atoms with E-state index in [1.807, 2.05) is 43.3 Å². The summed E-state index contributed by atoms with van der Waals surface area (Å²) in [5.41, 5.74) is 2.87. The molecule has 1 N–H and O–H groups in total. The lowest BCUT2D eigenvalue weighted by Gasteiger charge is -2.01. The molecule has 0 radical (unpaired) electrons. The van der Waals surface area contributed by atoms with Crippen LogP contribution in [-0.4, -0.2) is 4.98 Å². The quantitative estimate of drug-likeness (QED) is 0.726. The molecule has 1 aromatic carbocycles. The molecule has 14 heavy (non-hydrogen) atoms. The van der Waals surface area contributed by atoms with E-state index in [0.29, 0.717) is 0 Å². The number of aromatic amines is 1. The fourth-order valence-corrected chi connectivity index (χ4v) is 1.48. The maximum Gasteiger partial charge on any atom is 0.248 e. The zero-order chi connectivity index (χ0) is 9.97. The summed E-state index contributed by atoms with van der Waals surface area (Å²) in [7, 11) is 0. The average Bonchev–Trinajstić information content (AvgIpc) is 2.18. The molecule has 1 heterocycles. The molecule has 0 unspecified atom stereocenters. The maximum atomic E-state index is 11.2. The minimum Gasteiger partial charge on any atom is -0.326 e. The summed E-state index contributed by atoms with van der Waals surface area (Å²) in [6.45, 7) is 1.88. The zero-order valence-corrected chi connectivity index (χ0v) is 7.95. The number of hydrogen-bond donors (Lipinski definition) is 1. The van der Waals surface area contributed by atoms with E-state index in [9.17, 15) is 4.79 Å². The van der Waals surface area contributed by atoms with Gasteiger partial charge in [0, 0.05) is 11.8 Å². The van der Waals surface area contributed by atoms with Crippen LogP contribution < -0.4 is 5.56 Å². The summed E-state index contributed by atoms with van der Waals surface area (Å²) in [6.07, 6.45) is 0. The van der Waals surface area contributed by atoms with Crippen LogP contribution in [0.25, 0.3) is 11.1 Å². The van der Waals surface area contributed by atoms with Crippen molar-refractivity contribution in [2.24, 2.45) is 0 Å². The summed E-state index contributed by atoms with van der Waals surface area (Å²) in [6, 6.07) is 13.5. The Hall–Kier alpha value is -1.83. The molecule has 2 heteroatoms. The van der Waals surface area contributed by atoms with Crippen molar-refractivity contribution in [1.29, 1.82) is 0 Å². The third kappa shape index (κ3) is 1.74. The standard InChI is InChI=1S/C12H11NO/c1-9-7-11(8-12(14)13-9)10-5-3-2-4-6-10/h2-8H,1H3,(H,13,14). The first kappa shape index (κ1) is 8.75. The van der Waals surface area contributed by atoms with Crippen LogP contribution in [0.2, 0.25) is 0 Å². The lowest BCUT2D eigenvalue weighted by Crippen LogP contribution is -2.05. The molecule has 0 atom stereocenters. The van der Waals surface area contributed by atoms with E-state index in [4.69, 9.17) is 0 Å². The highest BCUT2D eigenvalue weighted by Crippen LogP contribution is 2.16. The fourth-order valence-electron chi connectivity index (χ4n) is 1.48. The molecule has 0 aliphatic carbocycles. The van der Waals surface area contributed by atoms with Crippen molar-refractivity contribution in [3.8, 4) is 11.1 Å². The Balaban J connectivity index is 2.58. The monoisotopic (exact) mass is 185 g/mol. The highest BCUT2D eigenvalue weighted by atomic mass is 16.1. The molecule has 0 aliphatic heterocycles. The van der Waals surface area contributed by atoms with Crippen LogP contribution in [0.15, 0.2) is 47.3 Å². The molecule has 2 rings (SSSR count). The molecule has 0 aliphatic rings. The molecule has 70 valence electrons. The third-order valence-corrected chi connectivity index (χ3v) is 2.09. The van der Waals surface area contributed by atoms with Gasteiger partial charge in [0.15, 0.2) is 0 Å². The van der Waals surface area contributed by atoms with Gasteiger partial charge in [-0.05, 0) is 24.1 Å². The van der Waals surface area contributed by atoms with E-state index in [1.54, 1.807) is 6.07 Å². The molecule has 0 fully saturated rings. The Labute approximate surface area is 82.2 Å². The van der Waals surface area contributed by atoms with E-state index in [-0.39, 0.29) is 5.56 Å². The van der Waals surface area contributed by atoms with Gasteiger partial charge in [-0.1, -0.05) is 30.3 Å². The summed E-state index contributed by atoms with van der Waals surface area (Å²) in [5, 5.41) is 0. The zero-order valence-electron chi connectivity index (χ0n) is 7.95. The number of aryl methyl sites for hydroxylation is 1. The van der Waals surface area contributed by atoms with E-state index in [1.165, 1.54) is 0 Å². The lowest BCUT2D eigenvalue weighted by atomic mass is 10.1. The smallest absolute Gasteiger partial charge is 0.248 e. The second-order valence-electron chi connectivity index (χ2n) is 3.28. The SMILES string of the molecule is Cc1cc(-c2ccccc2)cc(=O)[nH]1. The number of nitrogens with one attached hydrogen (secondary N) is 1. The van der Waals surface area contributed by atoms with Crippen molar-refractivity contribution in [1.82, 2.24) is 4.98 Å². The predicted octanol–water partition coefficient (Wildman–Crippen LogP) is 2.35. The molecule has 0 saturated carbocycles. The maximum absolute atomic E-state index is 11.2. The van der Waals surface area contributed by atoms with E-state index in [2.05, 4.69) is 4.98 Å². The van der Waals surface area contributed by atoms with Gasteiger partial charge in [0.2, 0.25) is 5.56 Å². The van der Waals surface area contributed by atoms with Gasteiger partial charge in [-0.3, -0.25) is 4.79 Å². The van der Waals surface area contributed by atoms with Gasteiger partial charge in [0.1, 0.15) is 0 Å². The number of benzene rings is 1. The van der Waals surface area contributed by atoms with E-state index < -0.39 is 0 Å². The normalized spacial score (nSPS) is 10.1. The fraction of sp³-hybridized carbons (Fsp3) is 0.0833. The number of H-pyrrole nitrogens is 1. The number of pyridine rings is 1. The Kier molecular flexibility index (Phi) is 2.19. The molecular formula is C12H11NO. The highest BCUT2D eigenvalue weighted by Gasteiger charge is 1.98. The lowest BCUT2D eigenvalue weighted by molar-refractivity contribution is 1.14. The van der Waals surface area contributed by atoms with Gasteiger partial charge in [0.05, 0.1) is 0 Å². The van der Waals surface area contributed by atoms with Crippen molar-refractivity contribution in [3.63, 3.8) is 0 Å². The van der Waals surface area contributed by atoms with Gasteiger partial charge < -0.3 is 4.98 Å². The Morgan fingerprint density at radius 1 is 1.00 bits per heavy atom. The Bertz CT molecular complexity index is 485. The van der Waals surface area contributed by atoms with Crippen molar-refractivity contribution in [3.05, 3.63) is 58.5 Å².